The van der Waals surface area contributed by atoms with Gasteiger partial charge in [-0.2, -0.15) is 13.2 Å². The summed E-state index contributed by atoms with van der Waals surface area (Å²) in [6.45, 7) is 3.82. The zero-order valence-electron chi connectivity index (χ0n) is 14.8. The summed E-state index contributed by atoms with van der Waals surface area (Å²) in [6.07, 6.45) is -2.77. The maximum atomic E-state index is 13.0. The van der Waals surface area contributed by atoms with Crippen LogP contribution in [0.4, 0.5) is 18.9 Å². The third kappa shape index (κ3) is 4.14. The predicted molar refractivity (Wildman–Crippen MR) is 99.5 cm³/mol. The average molecular weight is 414 g/mol. The summed E-state index contributed by atoms with van der Waals surface area (Å²) >= 11 is 0. The van der Waals surface area contributed by atoms with E-state index in [1.807, 2.05) is 6.07 Å². The highest BCUT2D eigenvalue weighted by Crippen LogP contribution is 2.40. The Bertz CT molecular complexity index is 852. The SMILES string of the molecule is Cl.O=C1Nc2ccc(C(F)(F)F)cc2C1c1ccc(CN2CCOCC2)cn1. The predicted octanol–water partition coefficient (Wildman–Crippen LogP) is 3.44. The smallest absolute Gasteiger partial charge is 0.379 e. The second kappa shape index (κ2) is 8.06. The molecule has 1 fully saturated rings. The molecule has 1 N–H and O–H groups in total. The molecule has 1 atom stereocenters. The zero-order chi connectivity index (χ0) is 19.0. The highest BCUT2D eigenvalue weighted by molar-refractivity contribution is 6.04. The number of nitrogens with one attached hydrogen (secondary N) is 1. The average Bonchev–Trinajstić information content (AvgIpc) is 2.97. The molecule has 2 aromatic rings. The fourth-order valence-corrected chi connectivity index (χ4v) is 3.45. The van der Waals surface area contributed by atoms with Crippen LogP contribution in [-0.2, 0) is 22.3 Å². The fraction of sp³-hybridized carbons (Fsp3) is 0.368. The molecule has 150 valence electrons. The van der Waals surface area contributed by atoms with Crippen LogP contribution in [0.2, 0.25) is 0 Å². The molecule has 1 unspecified atom stereocenters. The molecule has 9 heteroatoms. The van der Waals surface area contributed by atoms with Crippen LogP contribution in [0.5, 0.6) is 0 Å². The topological polar surface area (TPSA) is 54.5 Å². The van der Waals surface area contributed by atoms with E-state index < -0.39 is 17.7 Å². The van der Waals surface area contributed by atoms with E-state index in [4.69, 9.17) is 4.74 Å². The maximum Gasteiger partial charge on any atom is 0.416 e. The van der Waals surface area contributed by atoms with Crippen molar-refractivity contribution in [3.8, 4) is 0 Å². The van der Waals surface area contributed by atoms with E-state index in [0.29, 0.717) is 30.2 Å². The zero-order valence-corrected chi connectivity index (χ0v) is 15.6. The number of ether oxygens (including phenoxy) is 1. The summed E-state index contributed by atoms with van der Waals surface area (Å²) in [4.78, 5) is 19.0. The second-order valence-corrected chi connectivity index (χ2v) is 6.70. The van der Waals surface area contributed by atoms with Crippen molar-refractivity contribution >= 4 is 24.0 Å². The molecule has 1 aromatic carbocycles. The number of alkyl halides is 3. The minimum absolute atomic E-state index is 0. The quantitative estimate of drug-likeness (QED) is 0.837. The lowest BCUT2D eigenvalue weighted by Crippen LogP contribution is -2.35. The molecule has 0 aliphatic carbocycles. The first-order chi connectivity index (χ1) is 12.9. The van der Waals surface area contributed by atoms with Crippen molar-refractivity contribution in [2.24, 2.45) is 0 Å². The van der Waals surface area contributed by atoms with Gasteiger partial charge in [0.15, 0.2) is 0 Å². The molecule has 0 spiro atoms. The van der Waals surface area contributed by atoms with Gasteiger partial charge in [-0.3, -0.25) is 14.7 Å². The van der Waals surface area contributed by atoms with Crippen molar-refractivity contribution in [2.45, 2.75) is 18.6 Å². The van der Waals surface area contributed by atoms with E-state index in [0.717, 1.165) is 37.3 Å². The number of carbonyl (C=O) groups is 1. The first-order valence-corrected chi connectivity index (χ1v) is 8.69. The summed E-state index contributed by atoms with van der Waals surface area (Å²) in [5.74, 6) is -1.20. The van der Waals surface area contributed by atoms with Crippen molar-refractivity contribution in [3.05, 3.63) is 58.9 Å². The van der Waals surface area contributed by atoms with Crippen molar-refractivity contribution in [1.82, 2.24) is 9.88 Å². The molecule has 1 saturated heterocycles. The van der Waals surface area contributed by atoms with Gasteiger partial charge in [0.1, 0.15) is 5.92 Å². The molecular weight excluding hydrogens is 395 g/mol. The largest absolute Gasteiger partial charge is 0.416 e. The molecule has 3 heterocycles. The number of hydrogen-bond donors (Lipinski definition) is 1. The van der Waals surface area contributed by atoms with Gasteiger partial charge in [0.2, 0.25) is 5.91 Å². The van der Waals surface area contributed by atoms with E-state index in [-0.39, 0.29) is 18.3 Å². The Hall–Kier alpha value is -2.16. The van der Waals surface area contributed by atoms with Crippen molar-refractivity contribution in [3.63, 3.8) is 0 Å². The van der Waals surface area contributed by atoms with Crippen LogP contribution < -0.4 is 5.32 Å². The lowest BCUT2D eigenvalue weighted by atomic mass is 9.94. The Morgan fingerprint density at radius 3 is 2.57 bits per heavy atom. The second-order valence-electron chi connectivity index (χ2n) is 6.70. The van der Waals surface area contributed by atoms with Gasteiger partial charge in [-0.05, 0) is 35.4 Å². The minimum atomic E-state index is -4.46. The Morgan fingerprint density at radius 1 is 1.18 bits per heavy atom. The molecule has 2 aliphatic rings. The third-order valence-corrected chi connectivity index (χ3v) is 4.86. The van der Waals surface area contributed by atoms with E-state index in [2.05, 4.69) is 15.2 Å². The number of amides is 1. The van der Waals surface area contributed by atoms with Gasteiger partial charge in [0.25, 0.3) is 0 Å². The molecular formula is C19H19ClF3N3O2. The van der Waals surface area contributed by atoms with Gasteiger partial charge < -0.3 is 10.1 Å². The third-order valence-electron chi connectivity index (χ3n) is 4.86. The Balaban J connectivity index is 0.00000225. The highest BCUT2D eigenvalue weighted by Gasteiger charge is 2.37. The number of carbonyl (C=O) groups excluding carboxylic acids is 1. The first kappa shape index (κ1) is 20.6. The summed E-state index contributed by atoms with van der Waals surface area (Å²) in [5, 5.41) is 2.64. The van der Waals surface area contributed by atoms with Crippen LogP contribution in [0, 0.1) is 0 Å². The van der Waals surface area contributed by atoms with Crippen LogP contribution in [0.15, 0.2) is 36.5 Å². The standard InChI is InChI=1S/C19H18F3N3O2.ClH/c20-19(21,22)13-2-4-15-14(9-13)17(18(26)24-15)16-3-1-12(10-23-16)11-25-5-7-27-8-6-25;/h1-4,9-10,17H,5-8,11H2,(H,24,26);1H. The summed E-state index contributed by atoms with van der Waals surface area (Å²) < 4.78 is 44.4. The first-order valence-electron chi connectivity index (χ1n) is 8.69. The van der Waals surface area contributed by atoms with Gasteiger partial charge in [0.05, 0.1) is 24.5 Å². The fourth-order valence-electron chi connectivity index (χ4n) is 3.45. The van der Waals surface area contributed by atoms with Crippen molar-refractivity contribution < 1.29 is 22.7 Å². The number of nitrogens with zero attached hydrogens (tertiary/aromatic N) is 2. The van der Waals surface area contributed by atoms with Crippen LogP contribution >= 0.6 is 12.4 Å². The van der Waals surface area contributed by atoms with Crippen LogP contribution in [0.25, 0.3) is 0 Å². The number of rotatable bonds is 3. The molecule has 28 heavy (non-hydrogen) atoms. The van der Waals surface area contributed by atoms with Gasteiger partial charge in [-0.15, -0.1) is 12.4 Å². The number of anilines is 1. The molecule has 0 radical (unpaired) electrons. The molecule has 1 amide bonds. The Morgan fingerprint density at radius 2 is 1.93 bits per heavy atom. The molecule has 2 aliphatic heterocycles. The number of benzene rings is 1. The molecule has 0 saturated carbocycles. The van der Waals surface area contributed by atoms with E-state index in [1.54, 1.807) is 12.3 Å². The molecule has 5 nitrogen and oxygen atoms in total. The van der Waals surface area contributed by atoms with Gasteiger partial charge in [0, 0.05) is 31.5 Å². The Kier molecular flexibility index (Phi) is 5.92. The normalized spacial score (nSPS) is 19.7. The van der Waals surface area contributed by atoms with Crippen molar-refractivity contribution in [2.75, 3.05) is 31.6 Å². The number of halogens is 4. The highest BCUT2D eigenvalue weighted by atomic mass is 35.5. The minimum Gasteiger partial charge on any atom is -0.379 e. The maximum absolute atomic E-state index is 13.0. The monoisotopic (exact) mass is 413 g/mol. The number of aromatic nitrogens is 1. The molecule has 1 aromatic heterocycles. The number of fused-ring (bicyclic) bond motifs is 1. The van der Waals surface area contributed by atoms with Crippen LogP contribution in [-0.4, -0.2) is 42.1 Å². The Labute approximate surface area is 166 Å². The summed E-state index contributed by atoms with van der Waals surface area (Å²) in [7, 11) is 0. The van der Waals surface area contributed by atoms with Gasteiger partial charge in [-0.1, -0.05) is 6.07 Å². The molecule has 0 bridgehead atoms. The number of hydrogen-bond acceptors (Lipinski definition) is 4. The lowest BCUT2D eigenvalue weighted by molar-refractivity contribution is -0.137. The van der Waals surface area contributed by atoms with E-state index in [9.17, 15) is 18.0 Å². The van der Waals surface area contributed by atoms with E-state index >= 15 is 0 Å². The molecule has 4 rings (SSSR count). The van der Waals surface area contributed by atoms with Crippen molar-refractivity contribution in [1.29, 1.82) is 0 Å². The van der Waals surface area contributed by atoms with Gasteiger partial charge in [-0.25, -0.2) is 0 Å². The van der Waals surface area contributed by atoms with Crippen LogP contribution in [0.3, 0.4) is 0 Å². The van der Waals surface area contributed by atoms with E-state index in [1.165, 1.54) is 6.07 Å². The number of morpholine rings is 1. The lowest BCUT2D eigenvalue weighted by Gasteiger charge is -2.26. The van der Waals surface area contributed by atoms with Crippen LogP contribution in [0.1, 0.15) is 28.3 Å². The summed E-state index contributed by atoms with van der Waals surface area (Å²) in [5.41, 5.74) is 1.37. The van der Waals surface area contributed by atoms with Gasteiger partial charge >= 0.3 is 6.18 Å². The number of pyridine rings is 1. The summed E-state index contributed by atoms with van der Waals surface area (Å²) in [6, 6.07) is 6.89.